The van der Waals surface area contributed by atoms with Crippen molar-refractivity contribution in [3.05, 3.63) is 12.2 Å². The van der Waals surface area contributed by atoms with Crippen LogP contribution < -0.4 is 0 Å². The largest absolute Gasteiger partial charge is 0.393 e. The Balaban J connectivity index is 1.56. The number of aliphatic hydroxyl groups excluding tert-OH is 2. The molecule has 4 saturated carbocycles. The first-order valence-electron chi connectivity index (χ1n) is 10.6. The van der Waals surface area contributed by atoms with E-state index >= 15 is 0 Å². The minimum atomic E-state index is -0.999. The second-order valence-electron chi connectivity index (χ2n) is 10.5. The van der Waals surface area contributed by atoms with Gasteiger partial charge in [0, 0.05) is 23.2 Å². The van der Waals surface area contributed by atoms with Gasteiger partial charge in [-0.25, -0.2) is 0 Å². The maximum atomic E-state index is 11.6. The van der Waals surface area contributed by atoms with Crippen molar-refractivity contribution in [2.24, 2.45) is 40.4 Å². The standard InChI is InChI=1S/C23H32O4/c1-20-8-4-14(25)13-22(20,26)10-5-15-17(20)6-9-21(2)19(15)16-12-18(16)23(21,27)7-3-11-24/h5,10,14-19,24-27H,4,6,8-9,11-13H2,1-2H3/t14?,15-,16-,17+,18+,19-,20-,21+,22?,23+/m1/s1. The molecule has 5 aliphatic carbocycles. The Bertz CT molecular complexity index is 751. The zero-order valence-electron chi connectivity index (χ0n) is 16.4. The Labute approximate surface area is 161 Å². The zero-order chi connectivity index (χ0) is 19.2. The van der Waals surface area contributed by atoms with Gasteiger partial charge in [-0.05, 0) is 55.8 Å². The van der Waals surface area contributed by atoms with Crippen molar-refractivity contribution in [2.45, 2.75) is 69.7 Å². The highest BCUT2D eigenvalue weighted by atomic mass is 16.3. The second kappa shape index (κ2) is 5.39. The van der Waals surface area contributed by atoms with Gasteiger partial charge in [0.2, 0.25) is 0 Å². The first-order valence-corrected chi connectivity index (χ1v) is 10.6. The molecule has 27 heavy (non-hydrogen) atoms. The van der Waals surface area contributed by atoms with Crippen molar-refractivity contribution in [3.63, 3.8) is 0 Å². The maximum absolute atomic E-state index is 11.6. The third-order valence-electron chi connectivity index (χ3n) is 9.60. The summed E-state index contributed by atoms with van der Waals surface area (Å²) in [6.45, 7) is 4.22. The van der Waals surface area contributed by atoms with Gasteiger partial charge in [-0.1, -0.05) is 37.8 Å². The molecule has 0 aromatic rings. The molecule has 0 aromatic heterocycles. The van der Waals surface area contributed by atoms with Gasteiger partial charge >= 0.3 is 0 Å². The maximum Gasteiger partial charge on any atom is 0.134 e. The fourth-order valence-electron chi connectivity index (χ4n) is 8.03. The van der Waals surface area contributed by atoms with E-state index in [4.69, 9.17) is 0 Å². The van der Waals surface area contributed by atoms with E-state index < -0.39 is 17.3 Å². The molecule has 4 nitrogen and oxygen atoms in total. The number of fused-ring (bicyclic) bond motifs is 7. The van der Waals surface area contributed by atoms with Crippen molar-refractivity contribution in [1.82, 2.24) is 0 Å². The third kappa shape index (κ3) is 2.04. The van der Waals surface area contributed by atoms with Gasteiger partial charge in [0.1, 0.15) is 12.2 Å². The number of hydrogen-bond acceptors (Lipinski definition) is 4. The number of rotatable bonds is 0. The topological polar surface area (TPSA) is 80.9 Å². The van der Waals surface area contributed by atoms with Crippen molar-refractivity contribution in [2.75, 3.05) is 6.61 Å². The van der Waals surface area contributed by atoms with E-state index in [0.29, 0.717) is 30.1 Å². The molecule has 0 aliphatic heterocycles. The van der Waals surface area contributed by atoms with Crippen molar-refractivity contribution in [1.29, 1.82) is 0 Å². The molecule has 0 aromatic carbocycles. The molecule has 4 heteroatoms. The zero-order valence-corrected chi connectivity index (χ0v) is 16.4. The predicted octanol–water partition coefficient (Wildman–Crippen LogP) is 1.86. The summed E-state index contributed by atoms with van der Waals surface area (Å²) in [6, 6.07) is 0. The highest BCUT2D eigenvalue weighted by molar-refractivity contribution is 5.36. The van der Waals surface area contributed by atoms with Crippen LogP contribution in [0.3, 0.4) is 0 Å². The van der Waals surface area contributed by atoms with Crippen LogP contribution in [0.15, 0.2) is 12.2 Å². The van der Waals surface area contributed by atoms with Crippen LogP contribution in [0.25, 0.3) is 0 Å². The molecule has 0 saturated heterocycles. The Morgan fingerprint density at radius 1 is 1.07 bits per heavy atom. The molecule has 0 spiro atoms. The van der Waals surface area contributed by atoms with Gasteiger partial charge in [0.25, 0.3) is 0 Å². The van der Waals surface area contributed by atoms with E-state index in [1.54, 1.807) is 0 Å². The Morgan fingerprint density at radius 2 is 1.81 bits per heavy atom. The molecule has 0 heterocycles. The lowest BCUT2D eigenvalue weighted by Gasteiger charge is -2.62. The highest BCUT2D eigenvalue weighted by Crippen LogP contribution is 2.76. The van der Waals surface area contributed by atoms with Crippen LogP contribution >= 0.6 is 0 Å². The molecule has 4 fully saturated rings. The van der Waals surface area contributed by atoms with E-state index in [1.165, 1.54) is 0 Å². The van der Waals surface area contributed by atoms with Crippen LogP contribution in [0.1, 0.15) is 52.4 Å². The van der Waals surface area contributed by atoms with Gasteiger partial charge in [-0.2, -0.15) is 0 Å². The molecule has 10 atom stereocenters. The minimum absolute atomic E-state index is 0.209. The number of hydrogen-bond donors (Lipinski definition) is 4. The summed E-state index contributed by atoms with van der Waals surface area (Å²) in [4.78, 5) is 0. The van der Waals surface area contributed by atoms with Crippen LogP contribution in [-0.4, -0.2) is 44.3 Å². The van der Waals surface area contributed by atoms with Crippen molar-refractivity contribution >= 4 is 0 Å². The molecule has 4 N–H and O–H groups in total. The summed E-state index contributed by atoms with van der Waals surface area (Å²) in [7, 11) is 0. The van der Waals surface area contributed by atoms with E-state index in [0.717, 1.165) is 32.1 Å². The first-order chi connectivity index (χ1) is 12.7. The molecule has 2 unspecified atom stereocenters. The van der Waals surface area contributed by atoms with Gasteiger partial charge in [-0.3, -0.25) is 0 Å². The van der Waals surface area contributed by atoms with Crippen LogP contribution in [0.5, 0.6) is 0 Å². The van der Waals surface area contributed by atoms with Crippen LogP contribution in [-0.2, 0) is 0 Å². The summed E-state index contributed by atoms with van der Waals surface area (Å²) in [5, 5.41) is 42.3. The average molecular weight is 373 g/mol. The van der Waals surface area contributed by atoms with Gasteiger partial charge in [0.15, 0.2) is 0 Å². The molecule has 0 bridgehead atoms. The third-order valence-corrected chi connectivity index (χ3v) is 9.60. The summed E-state index contributed by atoms with van der Waals surface area (Å²) < 4.78 is 0. The van der Waals surface area contributed by atoms with Gasteiger partial charge in [-0.15, -0.1) is 0 Å². The minimum Gasteiger partial charge on any atom is -0.393 e. The molecule has 148 valence electrons. The SMILES string of the molecule is C[C@]12CC[C@H]3[C@@H](C=CC4(O)CC(O)CC[C@]34C)[C@@H]1[C@@H]1C[C@@H]1[C@@]2(O)C#CCO. The van der Waals surface area contributed by atoms with Gasteiger partial charge in [0.05, 0.1) is 11.7 Å². The first kappa shape index (κ1) is 18.2. The molecular weight excluding hydrogens is 340 g/mol. The van der Waals surface area contributed by atoms with Crippen LogP contribution in [0, 0.1) is 52.3 Å². The average Bonchev–Trinajstić information content (AvgIpc) is 3.38. The Hall–Kier alpha value is -0.860. The molecule has 0 radical (unpaired) electrons. The molecule has 0 amide bonds. The van der Waals surface area contributed by atoms with E-state index in [1.807, 2.05) is 6.08 Å². The summed E-state index contributed by atoms with van der Waals surface area (Å²) >= 11 is 0. The van der Waals surface area contributed by atoms with E-state index in [9.17, 15) is 20.4 Å². The number of allylic oxidation sites excluding steroid dienone is 1. The molecule has 5 aliphatic rings. The fourth-order valence-corrected chi connectivity index (χ4v) is 8.03. The lowest BCUT2D eigenvalue weighted by Crippen LogP contribution is -2.62. The number of aliphatic hydroxyl groups is 4. The van der Waals surface area contributed by atoms with Gasteiger partial charge < -0.3 is 20.4 Å². The fraction of sp³-hybridized carbons (Fsp3) is 0.826. The summed E-state index contributed by atoms with van der Waals surface area (Å²) in [5.41, 5.74) is -2.39. The highest BCUT2D eigenvalue weighted by Gasteiger charge is 2.76. The molecule has 5 rings (SSSR count). The molecular formula is C23H32O4. The lowest BCUT2D eigenvalue weighted by atomic mass is 9.44. The van der Waals surface area contributed by atoms with E-state index in [2.05, 4.69) is 31.8 Å². The smallest absolute Gasteiger partial charge is 0.134 e. The Kier molecular flexibility index (Phi) is 3.63. The summed E-state index contributed by atoms with van der Waals surface area (Å²) in [5.74, 6) is 7.64. The second-order valence-corrected chi connectivity index (χ2v) is 10.5. The van der Waals surface area contributed by atoms with Crippen LogP contribution in [0.4, 0.5) is 0 Å². The lowest BCUT2D eigenvalue weighted by molar-refractivity contribution is -0.178. The monoisotopic (exact) mass is 372 g/mol. The Morgan fingerprint density at radius 3 is 2.56 bits per heavy atom. The van der Waals surface area contributed by atoms with Crippen LogP contribution in [0.2, 0.25) is 0 Å². The van der Waals surface area contributed by atoms with E-state index in [-0.39, 0.29) is 23.4 Å². The normalized spacial score (nSPS) is 60.4. The predicted molar refractivity (Wildman–Crippen MR) is 101 cm³/mol. The van der Waals surface area contributed by atoms with Crippen molar-refractivity contribution < 1.29 is 20.4 Å². The van der Waals surface area contributed by atoms with Crippen molar-refractivity contribution in [3.8, 4) is 11.8 Å². The summed E-state index contributed by atoms with van der Waals surface area (Å²) in [6.07, 6.45) is 8.72. The quantitative estimate of drug-likeness (QED) is 0.387.